The zero-order valence-corrected chi connectivity index (χ0v) is 22.0. The Morgan fingerprint density at radius 3 is 2.13 bits per heavy atom. The van der Waals surface area contributed by atoms with E-state index in [4.69, 9.17) is 0 Å². The lowest BCUT2D eigenvalue weighted by atomic mass is 10.0. The van der Waals surface area contributed by atoms with Gasteiger partial charge in [0.15, 0.2) is 0 Å². The van der Waals surface area contributed by atoms with Crippen LogP contribution in [0.1, 0.15) is 47.8 Å². The van der Waals surface area contributed by atoms with E-state index in [1.165, 1.54) is 5.56 Å². The Hall–Kier alpha value is -4.12. The maximum absolute atomic E-state index is 13.6. The molecule has 1 aliphatic rings. The number of carbonyl (C=O) groups excluding carboxylic acids is 2. The van der Waals surface area contributed by atoms with Crippen molar-refractivity contribution in [1.82, 2.24) is 14.4 Å². The second-order valence-corrected chi connectivity index (χ2v) is 10.0. The molecule has 4 aromatic rings. The van der Waals surface area contributed by atoms with E-state index in [1.807, 2.05) is 78.6 Å². The normalized spacial score (nSPS) is 12.8. The molecule has 0 saturated heterocycles. The van der Waals surface area contributed by atoms with Gasteiger partial charge in [-0.1, -0.05) is 79.7 Å². The van der Waals surface area contributed by atoms with Crippen molar-refractivity contribution >= 4 is 11.8 Å². The Balaban J connectivity index is 1.28. The van der Waals surface area contributed by atoms with Crippen LogP contribution in [0.25, 0.3) is 11.1 Å². The third-order valence-corrected chi connectivity index (χ3v) is 7.11. The minimum Gasteiger partial charge on any atom is -0.345 e. The number of rotatable bonds is 11. The van der Waals surface area contributed by atoms with E-state index in [2.05, 4.69) is 41.1 Å². The standard InChI is InChI=1S/C33H35N3O2/c1-2-21-35(33(38)29-17-15-28(16-18-29)27-12-7-4-8-13-27)25-32(37)36(30-19-20-30)24-31-14-9-22-34(31)23-26-10-5-3-6-11-26/h3-18,22,30H,2,19-21,23-25H2,1H3. The lowest BCUT2D eigenvalue weighted by Gasteiger charge is -2.28. The summed E-state index contributed by atoms with van der Waals surface area (Å²) in [6.07, 6.45) is 4.91. The summed E-state index contributed by atoms with van der Waals surface area (Å²) >= 11 is 0. The highest BCUT2D eigenvalue weighted by molar-refractivity contribution is 5.97. The summed E-state index contributed by atoms with van der Waals surface area (Å²) in [5, 5.41) is 0. The molecule has 1 aromatic heterocycles. The lowest BCUT2D eigenvalue weighted by Crippen LogP contribution is -2.44. The quantitative estimate of drug-likeness (QED) is 0.242. The van der Waals surface area contributed by atoms with Gasteiger partial charge in [0.25, 0.3) is 5.91 Å². The first kappa shape index (κ1) is 25.5. The fourth-order valence-electron chi connectivity index (χ4n) is 4.90. The molecule has 3 aromatic carbocycles. The van der Waals surface area contributed by atoms with Crippen molar-refractivity contribution in [3.63, 3.8) is 0 Å². The molecular weight excluding hydrogens is 470 g/mol. The molecule has 194 valence electrons. The maximum Gasteiger partial charge on any atom is 0.254 e. The Morgan fingerprint density at radius 1 is 0.816 bits per heavy atom. The van der Waals surface area contributed by atoms with Crippen molar-refractivity contribution in [2.45, 2.75) is 45.3 Å². The van der Waals surface area contributed by atoms with Crippen LogP contribution in [0.3, 0.4) is 0 Å². The number of hydrogen-bond donors (Lipinski definition) is 0. The molecule has 1 aliphatic carbocycles. The first-order valence-corrected chi connectivity index (χ1v) is 13.5. The fraction of sp³-hybridized carbons (Fsp3) is 0.273. The number of carbonyl (C=O) groups is 2. The van der Waals surface area contributed by atoms with Crippen LogP contribution in [-0.2, 0) is 17.9 Å². The van der Waals surface area contributed by atoms with Gasteiger partial charge in [-0.3, -0.25) is 9.59 Å². The molecule has 0 aliphatic heterocycles. The van der Waals surface area contributed by atoms with Crippen molar-refractivity contribution in [2.75, 3.05) is 13.1 Å². The first-order valence-electron chi connectivity index (χ1n) is 13.5. The molecule has 0 N–H and O–H groups in total. The van der Waals surface area contributed by atoms with E-state index in [0.29, 0.717) is 18.7 Å². The molecule has 0 unspecified atom stereocenters. The summed E-state index contributed by atoms with van der Waals surface area (Å²) < 4.78 is 2.21. The zero-order valence-electron chi connectivity index (χ0n) is 22.0. The Labute approximate surface area is 225 Å². The van der Waals surface area contributed by atoms with Crippen molar-refractivity contribution in [2.24, 2.45) is 0 Å². The number of hydrogen-bond acceptors (Lipinski definition) is 2. The Morgan fingerprint density at radius 2 is 1.47 bits per heavy atom. The molecule has 38 heavy (non-hydrogen) atoms. The van der Waals surface area contributed by atoms with Crippen LogP contribution >= 0.6 is 0 Å². The van der Waals surface area contributed by atoms with Crippen LogP contribution < -0.4 is 0 Å². The first-order chi connectivity index (χ1) is 18.6. The van der Waals surface area contributed by atoms with E-state index in [9.17, 15) is 9.59 Å². The average molecular weight is 506 g/mol. The highest BCUT2D eigenvalue weighted by atomic mass is 16.2. The summed E-state index contributed by atoms with van der Waals surface area (Å²) in [6, 6.07) is 32.6. The minimum absolute atomic E-state index is 0.0164. The fourth-order valence-corrected chi connectivity index (χ4v) is 4.90. The van der Waals surface area contributed by atoms with Gasteiger partial charge in [-0.25, -0.2) is 0 Å². The van der Waals surface area contributed by atoms with Crippen LogP contribution in [0.2, 0.25) is 0 Å². The molecule has 2 amide bonds. The largest absolute Gasteiger partial charge is 0.345 e. The number of aromatic nitrogens is 1. The Bertz CT molecular complexity index is 1340. The topological polar surface area (TPSA) is 45.6 Å². The molecule has 0 bridgehead atoms. The summed E-state index contributed by atoms with van der Waals surface area (Å²) in [6.45, 7) is 4.02. The predicted molar refractivity (Wildman–Crippen MR) is 152 cm³/mol. The van der Waals surface area contributed by atoms with Gasteiger partial charge < -0.3 is 14.4 Å². The van der Waals surface area contributed by atoms with Gasteiger partial charge in [-0.2, -0.15) is 0 Å². The molecule has 0 atom stereocenters. The van der Waals surface area contributed by atoms with E-state index in [0.717, 1.165) is 42.6 Å². The van der Waals surface area contributed by atoms with Crippen molar-refractivity contribution in [1.29, 1.82) is 0 Å². The van der Waals surface area contributed by atoms with Gasteiger partial charge in [0.1, 0.15) is 6.54 Å². The number of nitrogens with zero attached hydrogens (tertiary/aromatic N) is 3. The van der Waals surface area contributed by atoms with E-state index in [-0.39, 0.29) is 24.4 Å². The van der Waals surface area contributed by atoms with Crippen molar-refractivity contribution in [3.8, 4) is 11.1 Å². The molecule has 1 heterocycles. The van der Waals surface area contributed by atoms with Gasteiger partial charge in [-0.15, -0.1) is 0 Å². The van der Waals surface area contributed by atoms with Crippen LogP contribution in [-0.4, -0.2) is 45.3 Å². The van der Waals surface area contributed by atoms with Crippen LogP contribution in [0.15, 0.2) is 103 Å². The van der Waals surface area contributed by atoms with Crippen LogP contribution in [0.5, 0.6) is 0 Å². The minimum atomic E-state index is -0.0944. The highest BCUT2D eigenvalue weighted by Crippen LogP contribution is 2.29. The van der Waals surface area contributed by atoms with Gasteiger partial charge in [0, 0.05) is 36.6 Å². The third kappa shape index (κ3) is 6.23. The van der Waals surface area contributed by atoms with E-state index in [1.54, 1.807) is 4.90 Å². The zero-order chi connectivity index (χ0) is 26.3. The number of benzene rings is 3. The van der Waals surface area contributed by atoms with Gasteiger partial charge in [-0.05, 0) is 60.2 Å². The Kier molecular flexibility index (Phi) is 8.03. The van der Waals surface area contributed by atoms with Crippen molar-refractivity contribution in [3.05, 3.63) is 120 Å². The van der Waals surface area contributed by atoms with Gasteiger partial charge in [0.2, 0.25) is 5.91 Å². The monoisotopic (exact) mass is 505 g/mol. The van der Waals surface area contributed by atoms with Gasteiger partial charge >= 0.3 is 0 Å². The molecule has 0 radical (unpaired) electrons. The summed E-state index contributed by atoms with van der Waals surface area (Å²) in [5.41, 5.74) is 5.13. The molecule has 5 heteroatoms. The van der Waals surface area contributed by atoms with E-state index >= 15 is 0 Å². The molecular formula is C33H35N3O2. The molecule has 1 saturated carbocycles. The molecule has 5 nitrogen and oxygen atoms in total. The second kappa shape index (κ2) is 12.0. The SMILES string of the molecule is CCCN(CC(=O)N(Cc1cccn1Cc1ccccc1)C1CC1)C(=O)c1ccc(-c2ccccc2)cc1. The third-order valence-electron chi connectivity index (χ3n) is 7.11. The van der Waals surface area contributed by atoms with E-state index < -0.39 is 0 Å². The predicted octanol–water partition coefficient (Wildman–Crippen LogP) is 6.25. The summed E-state index contributed by atoms with van der Waals surface area (Å²) in [5.74, 6) is -0.0781. The maximum atomic E-state index is 13.6. The molecule has 0 spiro atoms. The van der Waals surface area contributed by atoms with Crippen LogP contribution in [0, 0.1) is 0 Å². The average Bonchev–Trinajstić information content (AvgIpc) is 3.71. The molecule has 5 rings (SSSR count). The van der Waals surface area contributed by atoms with Crippen LogP contribution in [0.4, 0.5) is 0 Å². The second-order valence-electron chi connectivity index (χ2n) is 10.0. The lowest BCUT2D eigenvalue weighted by molar-refractivity contribution is -0.133. The molecule has 1 fully saturated rings. The summed E-state index contributed by atoms with van der Waals surface area (Å²) in [7, 11) is 0. The highest BCUT2D eigenvalue weighted by Gasteiger charge is 2.34. The summed E-state index contributed by atoms with van der Waals surface area (Å²) in [4.78, 5) is 30.7. The van der Waals surface area contributed by atoms with Gasteiger partial charge in [0.05, 0.1) is 6.54 Å². The van der Waals surface area contributed by atoms with Crippen molar-refractivity contribution < 1.29 is 9.59 Å². The number of amides is 2. The smallest absolute Gasteiger partial charge is 0.254 e.